The largest absolute Gasteiger partial charge is 0.489 e. The second kappa shape index (κ2) is 4.87. The molecule has 1 aromatic rings. The number of carbonyl (C=O) groups is 1. The zero-order valence-electron chi connectivity index (χ0n) is 12.5. The number of amides is 1. The normalized spacial score (nSPS) is 15.2. The van der Waals surface area contributed by atoms with Gasteiger partial charge in [-0.3, -0.25) is 4.79 Å². The summed E-state index contributed by atoms with van der Waals surface area (Å²) in [6.45, 7) is 6.43. The average Bonchev–Trinajstić information content (AvgIpc) is 3.10. The van der Waals surface area contributed by atoms with Crippen LogP contribution in [-0.4, -0.2) is 31.0 Å². The van der Waals surface area contributed by atoms with Gasteiger partial charge in [0.05, 0.1) is 11.7 Å². The monoisotopic (exact) mass is 261 g/mol. The number of hydrogen-bond donors (Lipinski definition) is 0. The molecule has 0 aliphatic heterocycles. The predicted molar refractivity (Wildman–Crippen MR) is 76.8 cm³/mol. The third-order valence-corrected chi connectivity index (χ3v) is 3.27. The van der Waals surface area contributed by atoms with Crippen LogP contribution in [0.2, 0.25) is 0 Å². The van der Waals surface area contributed by atoms with Gasteiger partial charge in [0.2, 0.25) is 0 Å². The lowest BCUT2D eigenvalue weighted by atomic mass is 9.85. The van der Waals surface area contributed by atoms with Crippen molar-refractivity contribution in [2.75, 3.05) is 14.1 Å². The minimum absolute atomic E-state index is 0.00162. The molecule has 1 saturated carbocycles. The molecule has 1 aliphatic carbocycles. The minimum Gasteiger partial charge on any atom is -0.489 e. The third kappa shape index (κ3) is 3.09. The van der Waals surface area contributed by atoms with Crippen molar-refractivity contribution in [3.05, 3.63) is 29.3 Å². The predicted octanol–water partition coefficient (Wildman–Crippen LogP) is 3.23. The maximum absolute atomic E-state index is 12.3. The molecule has 1 fully saturated rings. The van der Waals surface area contributed by atoms with E-state index in [4.69, 9.17) is 4.74 Å². The van der Waals surface area contributed by atoms with E-state index in [0.717, 1.165) is 24.2 Å². The van der Waals surface area contributed by atoms with Crippen LogP contribution >= 0.6 is 0 Å². The van der Waals surface area contributed by atoms with E-state index in [9.17, 15) is 4.79 Å². The van der Waals surface area contributed by atoms with E-state index in [1.54, 1.807) is 19.0 Å². The molecule has 19 heavy (non-hydrogen) atoms. The highest BCUT2D eigenvalue weighted by Crippen LogP contribution is 2.38. The van der Waals surface area contributed by atoms with Crippen molar-refractivity contribution in [2.24, 2.45) is 0 Å². The first-order chi connectivity index (χ1) is 8.80. The van der Waals surface area contributed by atoms with Crippen LogP contribution in [0, 0.1) is 0 Å². The number of hydrogen-bond acceptors (Lipinski definition) is 2. The Balaban J connectivity index is 2.49. The summed E-state index contributed by atoms with van der Waals surface area (Å²) in [7, 11) is 3.54. The summed E-state index contributed by atoms with van der Waals surface area (Å²) in [4.78, 5) is 13.9. The van der Waals surface area contributed by atoms with E-state index in [1.807, 2.05) is 12.1 Å². The number of nitrogens with zero attached hydrogens (tertiary/aromatic N) is 1. The fourth-order valence-electron chi connectivity index (χ4n) is 2.02. The van der Waals surface area contributed by atoms with Gasteiger partial charge in [0.25, 0.3) is 5.91 Å². The molecule has 0 aromatic heterocycles. The highest BCUT2D eigenvalue weighted by atomic mass is 16.5. The number of para-hydroxylation sites is 1. The lowest BCUT2D eigenvalue weighted by molar-refractivity contribution is 0.0822. The van der Waals surface area contributed by atoms with Gasteiger partial charge in [0.1, 0.15) is 5.75 Å². The summed E-state index contributed by atoms with van der Waals surface area (Å²) >= 11 is 0. The van der Waals surface area contributed by atoms with Crippen molar-refractivity contribution in [3.8, 4) is 5.75 Å². The van der Waals surface area contributed by atoms with Gasteiger partial charge < -0.3 is 9.64 Å². The van der Waals surface area contributed by atoms with Crippen molar-refractivity contribution in [1.82, 2.24) is 4.90 Å². The lowest BCUT2D eigenvalue weighted by Crippen LogP contribution is -2.24. The maximum atomic E-state index is 12.3. The van der Waals surface area contributed by atoms with Gasteiger partial charge in [-0.2, -0.15) is 0 Å². The molecule has 0 bridgehead atoms. The Bertz CT molecular complexity index is 482. The van der Waals surface area contributed by atoms with Crippen LogP contribution < -0.4 is 4.74 Å². The van der Waals surface area contributed by atoms with Crippen LogP contribution in [0.25, 0.3) is 0 Å². The summed E-state index contributed by atoms with van der Waals surface area (Å²) in [5, 5.41) is 0. The van der Waals surface area contributed by atoms with Crippen LogP contribution in [0.5, 0.6) is 5.75 Å². The quantitative estimate of drug-likeness (QED) is 0.836. The number of carbonyl (C=O) groups excluding carboxylic acids is 1. The van der Waals surface area contributed by atoms with Gasteiger partial charge in [-0.1, -0.05) is 32.9 Å². The molecule has 3 heteroatoms. The first kappa shape index (κ1) is 13.9. The van der Waals surface area contributed by atoms with E-state index < -0.39 is 0 Å². The molecule has 0 spiro atoms. The fourth-order valence-corrected chi connectivity index (χ4v) is 2.02. The molecule has 104 valence electrons. The molecule has 2 rings (SSSR count). The second-order valence-electron chi connectivity index (χ2n) is 6.45. The first-order valence-electron chi connectivity index (χ1n) is 6.82. The molecular formula is C16H23NO2. The van der Waals surface area contributed by atoms with Crippen LogP contribution in [0.15, 0.2) is 18.2 Å². The van der Waals surface area contributed by atoms with Gasteiger partial charge in [-0.15, -0.1) is 0 Å². The van der Waals surface area contributed by atoms with Crippen molar-refractivity contribution < 1.29 is 9.53 Å². The van der Waals surface area contributed by atoms with Gasteiger partial charge in [-0.05, 0) is 24.3 Å². The Kier molecular flexibility index (Phi) is 3.57. The summed E-state index contributed by atoms with van der Waals surface area (Å²) in [6, 6.07) is 5.86. The molecule has 0 saturated heterocycles. The van der Waals surface area contributed by atoms with Gasteiger partial charge in [-0.25, -0.2) is 0 Å². The van der Waals surface area contributed by atoms with Gasteiger partial charge >= 0.3 is 0 Å². The number of ether oxygens (including phenoxy) is 1. The molecule has 1 amide bonds. The Morgan fingerprint density at radius 3 is 2.37 bits per heavy atom. The summed E-state index contributed by atoms with van der Waals surface area (Å²) < 4.78 is 6.04. The fraction of sp³-hybridized carbons (Fsp3) is 0.562. The van der Waals surface area contributed by atoms with Crippen molar-refractivity contribution in [3.63, 3.8) is 0 Å². The molecular weight excluding hydrogens is 238 g/mol. The van der Waals surface area contributed by atoms with E-state index in [1.165, 1.54) is 0 Å². The molecule has 0 N–H and O–H groups in total. The molecule has 1 aromatic carbocycles. The van der Waals surface area contributed by atoms with E-state index >= 15 is 0 Å². The molecule has 0 unspecified atom stereocenters. The van der Waals surface area contributed by atoms with Crippen LogP contribution in [0.4, 0.5) is 0 Å². The molecule has 3 nitrogen and oxygen atoms in total. The van der Waals surface area contributed by atoms with Crippen molar-refractivity contribution >= 4 is 5.91 Å². The van der Waals surface area contributed by atoms with Crippen LogP contribution in [-0.2, 0) is 5.41 Å². The lowest BCUT2D eigenvalue weighted by Gasteiger charge is -2.25. The molecule has 0 radical (unpaired) electrons. The summed E-state index contributed by atoms with van der Waals surface area (Å²) in [6.07, 6.45) is 2.47. The molecule has 1 aliphatic rings. The zero-order chi connectivity index (χ0) is 14.2. The van der Waals surface area contributed by atoms with E-state index in [0.29, 0.717) is 5.56 Å². The second-order valence-corrected chi connectivity index (χ2v) is 6.45. The van der Waals surface area contributed by atoms with E-state index in [2.05, 4.69) is 26.8 Å². The topological polar surface area (TPSA) is 29.5 Å². The third-order valence-electron chi connectivity index (χ3n) is 3.27. The van der Waals surface area contributed by atoms with Gasteiger partial charge in [0.15, 0.2) is 0 Å². The van der Waals surface area contributed by atoms with Crippen molar-refractivity contribution in [1.29, 1.82) is 0 Å². The first-order valence-corrected chi connectivity index (χ1v) is 6.82. The summed E-state index contributed by atoms with van der Waals surface area (Å²) in [5.74, 6) is 0.776. The molecule has 0 atom stereocenters. The standard InChI is InChI=1S/C16H23NO2/c1-16(2,3)13-8-6-7-12(15(18)17(4)5)14(13)19-11-9-10-11/h6-8,11H,9-10H2,1-5H3. The minimum atomic E-state index is -0.0349. The van der Waals surface area contributed by atoms with E-state index in [-0.39, 0.29) is 17.4 Å². The maximum Gasteiger partial charge on any atom is 0.257 e. The SMILES string of the molecule is CN(C)C(=O)c1cccc(C(C)(C)C)c1OC1CC1. The zero-order valence-corrected chi connectivity index (χ0v) is 12.5. The highest BCUT2D eigenvalue weighted by molar-refractivity contribution is 5.97. The van der Waals surface area contributed by atoms with Crippen LogP contribution in [0.3, 0.4) is 0 Å². The highest BCUT2D eigenvalue weighted by Gasteiger charge is 2.30. The van der Waals surface area contributed by atoms with Gasteiger partial charge in [0, 0.05) is 19.7 Å². The Morgan fingerprint density at radius 1 is 1.26 bits per heavy atom. The smallest absolute Gasteiger partial charge is 0.257 e. The number of rotatable bonds is 3. The Labute approximate surface area is 115 Å². The Hall–Kier alpha value is -1.51. The Morgan fingerprint density at radius 2 is 1.89 bits per heavy atom. The van der Waals surface area contributed by atoms with Crippen molar-refractivity contribution in [2.45, 2.75) is 45.1 Å². The molecule has 0 heterocycles. The number of benzene rings is 1. The van der Waals surface area contributed by atoms with Crippen LogP contribution in [0.1, 0.15) is 49.5 Å². The average molecular weight is 261 g/mol. The summed E-state index contributed by atoms with van der Waals surface area (Å²) in [5.41, 5.74) is 1.74.